The molecule has 162 valence electrons. The van der Waals surface area contributed by atoms with Crippen molar-refractivity contribution in [3.8, 4) is 5.75 Å². The number of nitrogens with one attached hydrogen (secondary N) is 3. The summed E-state index contributed by atoms with van der Waals surface area (Å²) >= 11 is 0. The second-order valence-corrected chi connectivity index (χ2v) is 7.54. The Hall–Kier alpha value is -3.68. The molecular weight excluding hydrogens is 396 g/mol. The molecule has 1 unspecified atom stereocenters. The van der Waals surface area contributed by atoms with Crippen molar-refractivity contribution in [2.24, 2.45) is 5.92 Å². The summed E-state index contributed by atoms with van der Waals surface area (Å²) in [4.78, 5) is 37.4. The molecule has 0 spiro atoms. The molecule has 8 nitrogen and oxygen atoms in total. The van der Waals surface area contributed by atoms with E-state index in [0.717, 1.165) is 5.56 Å². The van der Waals surface area contributed by atoms with Crippen LogP contribution in [0.3, 0.4) is 0 Å². The summed E-state index contributed by atoms with van der Waals surface area (Å²) in [6.45, 7) is 4.01. The van der Waals surface area contributed by atoms with Crippen LogP contribution in [0.15, 0.2) is 53.3 Å². The van der Waals surface area contributed by atoms with E-state index in [1.807, 2.05) is 38.1 Å². The van der Waals surface area contributed by atoms with Crippen molar-refractivity contribution in [3.63, 3.8) is 0 Å². The van der Waals surface area contributed by atoms with Gasteiger partial charge in [-0.1, -0.05) is 50.2 Å². The van der Waals surface area contributed by atoms with Crippen LogP contribution < -0.4 is 20.9 Å². The van der Waals surface area contributed by atoms with Gasteiger partial charge in [-0.15, -0.1) is 0 Å². The number of aromatic amines is 1. The van der Waals surface area contributed by atoms with Crippen LogP contribution in [0.25, 0.3) is 10.8 Å². The maximum absolute atomic E-state index is 12.8. The molecule has 3 aromatic rings. The molecule has 0 saturated carbocycles. The van der Waals surface area contributed by atoms with E-state index in [0.29, 0.717) is 22.2 Å². The largest absolute Gasteiger partial charge is 0.496 e. The van der Waals surface area contributed by atoms with Gasteiger partial charge < -0.3 is 15.4 Å². The summed E-state index contributed by atoms with van der Waals surface area (Å²) in [6, 6.07) is 13.7. The van der Waals surface area contributed by atoms with E-state index in [9.17, 15) is 14.4 Å². The zero-order valence-electron chi connectivity index (χ0n) is 17.8. The van der Waals surface area contributed by atoms with Crippen LogP contribution in [0.5, 0.6) is 5.75 Å². The molecule has 0 aliphatic rings. The number of H-pyrrole nitrogens is 1. The van der Waals surface area contributed by atoms with E-state index in [-0.39, 0.29) is 36.3 Å². The van der Waals surface area contributed by atoms with Gasteiger partial charge in [-0.05, 0) is 18.1 Å². The maximum Gasteiger partial charge on any atom is 0.272 e. The molecule has 0 fully saturated rings. The Balaban J connectivity index is 1.68. The summed E-state index contributed by atoms with van der Waals surface area (Å²) < 4.78 is 5.31. The number of aromatic nitrogens is 2. The molecule has 3 N–H and O–H groups in total. The summed E-state index contributed by atoms with van der Waals surface area (Å²) in [5.41, 5.74) is 0.983. The molecule has 0 bridgehead atoms. The Bertz CT molecular complexity index is 1140. The first kappa shape index (κ1) is 22.0. The van der Waals surface area contributed by atoms with Gasteiger partial charge in [0.05, 0.1) is 24.6 Å². The van der Waals surface area contributed by atoms with E-state index in [1.54, 1.807) is 31.4 Å². The maximum atomic E-state index is 12.8. The van der Waals surface area contributed by atoms with Crippen LogP contribution in [-0.2, 0) is 22.6 Å². The van der Waals surface area contributed by atoms with E-state index < -0.39 is 6.04 Å². The first-order chi connectivity index (χ1) is 14.9. The smallest absolute Gasteiger partial charge is 0.272 e. The molecule has 0 aliphatic heterocycles. The molecule has 1 aromatic heterocycles. The van der Waals surface area contributed by atoms with Crippen molar-refractivity contribution < 1.29 is 14.3 Å². The number of amides is 2. The van der Waals surface area contributed by atoms with Crippen LogP contribution in [0.4, 0.5) is 0 Å². The first-order valence-electron chi connectivity index (χ1n) is 10.1. The van der Waals surface area contributed by atoms with Crippen LogP contribution in [0.1, 0.15) is 25.1 Å². The molecular formula is C23H26N4O4. The third-order valence-electron chi connectivity index (χ3n) is 5.01. The highest BCUT2D eigenvalue weighted by Gasteiger charge is 2.25. The molecule has 1 atom stereocenters. The normalized spacial score (nSPS) is 11.9. The molecule has 2 aromatic carbocycles. The zero-order chi connectivity index (χ0) is 22.4. The number of hydrogen-bond donors (Lipinski definition) is 3. The highest BCUT2D eigenvalue weighted by atomic mass is 16.5. The van der Waals surface area contributed by atoms with Crippen molar-refractivity contribution in [3.05, 3.63) is 70.1 Å². The van der Waals surface area contributed by atoms with Crippen LogP contribution in [0.2, 0.25) is 0 Å². The van der Waals surface area contributed by atoms with Crippen molar-refractivity contribution in [1.82, 2.24) is 20.8 Å². The summed E-state index contributed by atoms with van der Waals surface area (Å²) in [5, 5.41) is 13.2. The Morgan fingerprint density at radius 3 is 2.45 bits per heavy atom. The molecule has 3 rings (SSSR count). The third-order valence-corrected chi connectivity index (χ3v) is 5.01. The molecule has 1 heterocycles. The van der Waals surface area contributed by atoms with Gasteiger partial charge in [0.25, 0.3) is 5.56 Å². The van der Waals surface area contributed by atoms with E-state index >= 15 is 0 Å². The van der Waals surface area contributed by atoms with Crippen molar-refractivity contribution in [1.29, 1.82) is 0 Å². The predicted molar refractivity (Wildman–Crippen MR) is 118 cm³/mol. The molecule has 2 amide bonds. The van der Waals surface area contributed by atoms with Gasteiger partial charge in [-0.25, -0.2) is 5.10 Å². The average Bonchev–Trinajstić information content (AvgIpc) is 2.78. The SMILES string of the molecule is COc1ccccc1CNC(=O)C(NC(=O)Cc1n[nH]c(=O)c2ccccc12)C(C)C. The van der Waals surface area contributed by atoms with Gasteiger partial charge >= 0.3 is 0 Å². The summed E-state index contributed by atoms with van der Waals surface area (Å²) in [6.07, 6.45) is -0.0553. The van der Waals surface area contributed by atoms with Gasteiger partial charge in [0.15, 0.2) is 0 Å². The third kappa shape index (κ3) is 5.28. The second kappa shape index (κ2) is 9.88. The van der Waals surface area contributed by atoms with Crippen LogP contribution in [0, 0.1) is 5.92 Å². The van der Waals surface area contributed by atoms with Gasteiger partial charge in [0.2, 0.25) is 11.8 Å². The van der Waals surface area contributed by atoms with E-state index in [1.165, 1.54) is 0 Å². The Morgan fingerprint density at radius 2 is 1.74 bits per heavy atom. The fourth-order valence-electron chi connectivity index (χ4n) is 3.36. The van der Waals surface area contributed by atoms with E-state index in [2.05, 4.69) is 20.8 Å². The minimum absolute atomic E-state index is 0.0553. The van der Waals surface area contributed by atoms with Gasteiger partial charge in [-0.3, -0.25) is 14.4 Å². The number of fused-ring (bicyclic) bond motifs is 1. The number of carbonyl (C=O) groups is 2. The Labute approximate surface area is 180 Å². The fraction of sp³-hybridized carbons (Fsp3) is 0.304. The minimum atomic E-state index is -0.712. The van der Waals surface area contributed by atoms with Crippen molar-refractivity contribution in [2.75, 3.05) is 7.11 Å². The van der Waals surface area contributed by atoms with Gasteiger partial charge in [0, 0.05) is 17.5 Å². The lowest BCUT2D eigenvalue weighted by Crippen LogP contribution is -2.50. The quantitative estimate of drug-likeness (QED) is 0.513. The summed E-state index contributed by atoms with van der Waals surface area (Å²) in [7, 11) is 1.58. The fourth-order valence-corrected chi connectivity index (χ4v) is 3.36. The van der Waals surface area contributed by atoms with Crippen molar-refractivity contribution in [2.45, 2.75) is 32.9 Å². The predicted octanol–water partition coefficient (Wildman–Crippen LogP) is 1.93. The number of nitrogens with zero attached hydrogens (tertiary/aromatic N) is 1. The number of ether oxygens (including phenoxy) is 1. The molecule has 31 heavy (non-hydrogen) atoms. The van der Waals surface area contributed by atoms with Crippen LogP contribution in [-0.4, -0.2) is 35.2 Å². The number of carbonyl (C=O) groups excluding carboxylic acids is 2. The monoisotopic (exact) mass is 422 g/mol. The number of para-hydroxylation sites is 1. The molecule has 0 saturated heterocycles. The minimum Gasteiger partial charge on any atom is -0.496 e. The molecule has 0 aliphatic carbocycles. The lowest BCUT2D eigenvalue weighted by Gasteiger charge is -2.22. The number of methoxy groups -OCH3 is 1. The highest BCUT2D eigenvalue weighted by molar-refractivity contribution is 5.91. The lowest BCUT2D eigenvalue weighted by molar-refractivity contribution is -0.129. The molecule has 0 radical (unpaired) electrons. The number of rotatable bonds is 8. The van der Waals surface area contributed by atoms with Gasteiger partial charge in [-0.2, -0.15) is 5.10 Å². The first-order valence-corrected chi connectivity index (χ1v) is 10.1. The number of hydrogen-bond acceptors (Lipinski definition) is 5. The zero-order valence-corrected chi connectivity index (χ0v) is 17.8. The Morgan fingerprint density at radius 1 is 1.06 bits per heavy atom. The standard InChI is InChI=1S/C23H26N4O4/c1-14(2)21(23(30)24-13-15-8-4-7-11-19(15)31-3)25-20(28)12-18-16-9-5-6-10-17(16)22(29)27-26-18/h4-11,14,21H,12-13H2,1-3H3,(H,24,30)(H,25,28)(H,27,29). The number of benzene rings is 2. The van der Waals surface area contributed by atoms with E-state index in [4.69, 9.17) is 4.74 Å². The van der Waals surface area contributed by atoms with Crippen LogP contribution >= 0.6 is 0 Å². The Kier molecular flexibility index (Phi) is 7.02. The topological polar surface area (TPSA) is 113 Å². The highest BCUT2D eigenvalue weighted by Crippen LogP contribution is 2.17. The van der Waals surface area contributed by atoms with Crippen molar-refractivity contribution >= 4 is 22.6 Å². The lowest BCUT2D eigenvalue weighted by atomic mass is 10.0. The van der Waals surface area contributed by atoms with Gasteiger partial charge in [0.1, 0.15) is 11.8 Å². The summed E-state index contributed by atoms with van der Waals surface area (Å²) in [5.74, 6) is -0.0738. The average molecular weight is 422 g/mol. The molecule has 8 heteroatoms. The second-order valence-electron chi connectivity index (χ2n) is 7.54.